The lowest BCUT2D eigenvalue weighted by Crippen LogP contribution is -2.17. The van der Waals surface area contributed by atoms with Crippen LogP contribution in [0.15, 0.2) is 60.9 Å². The van der Waals surface area contributed by atoms with Crippen molar-refractivity contribution in [3.63, 3.8) is 0 Å². The standard InChI is InChI=1S/C23H22N2O5/c1-27-19-5-3-18(14-22(19)30-15-16-6-8-24-9-7-16)25-23(26)13-17-2-4-20-21(12-17)29-11-10-28-20/h2-9,12,14H,10-11,13,15H2,1H3,(H,25,26). The molecule has 0 atom stereocenters. The van der Waals surface area contributed by atoms with Gasteiger partial charge in [-0.3, -0.25) is 9.78 Å². The lowest BCUT2D eigenvalue weighted by atomic mass is 10.1. The van der Waals surface area contributed by atoms with Crippen molar-refractivity contribution in [3.05, 3.63) is 72.1 Å². The molecule has 0 spiro atoms. The molecule has 30 heavy (non-hydrogen) atoms. The van der Waals surface area contributed by atoms with E-state index < -0.39 is 0 Å². The second kappa shape index (κ2) is 9.17. The quantitative estimate of drug-likeness (QED) is 0.646. The summed E-state index contributed by atoms with van der Waals surface area (Å²) in [4.78, 5) is 16.5. The third-order valence-electron chi connectivity index (χ3n) is 4.56. The van der Waals surface area contributed by atoms with Crippen molar-refractivity contribution in [1.29, 1.82) is 0 Å². The number of amides is 1. The summed E-state index contributed by atoms with van der Waals surface area (Å²) in [6, 6.07) is 14.6. The lowest BCUT2D eigenvalue weighted by Gasteiger charge is -2.18. The van der Waals surface area contributed by atoms with Crippen molar-refractivity contribution in [2.45, 2.75) is 13.0 Å². The molecule has 0 bridgehead atoms. The van der Waals surface area contributed by atoms with Gasteiger partial charge in [0.15, 0.2) is 23.0 Å². The molecule has 1 amide bonds. The molecule has 0 aliphatic carbocycles. The van der Waals surface area contributed by atoms with Gasteiger partial charge in [-0.1, -0.05) is 6.07 Å². The number of carbonyl (C=O) groups is 1. The lowest BCUT2D eigenvalue weighted by molar-refractivity contribution is -0.115. The normalized spacial score (nSPS) is 12.2. The summed E-state index contributed by atoms with van der Waals surface area (Å²) < 4.78 is 22.3. The molecule has 1 N–H and O–H groups in total. The Kier molecular flexibility index (Phi) is 5.98. The number of hydrogen-bond acceptors (Lipinski definition) is 6. The van der Waals surface area contributed by atoms with Crippen LogP contribution in [0.4, 0.5) is 5.69 Å². The molecule has 0 fully saturated rings. The number of nitrogens with zero attached hydrogens (tertiary/aromatic N) is 1. The van der Waals surface area contributed by atoms with Gasteiger partial charge in [0.1, 0.15) is 19.8 Å². The summed E-state index contributed by atoms with van der Waals surface area (Å²) in [5.41, 5.74) is 2.46. The highest BCUT2D eigenvalue weighted by molar-refractivity contribution is 5.92. The first-order valence-electron chi connectivity index (χ1n) is 9.59. The van der Waals surface area contributed by atoms with Crippen LogP contribution < -0.4 is 24.3 Å². The van der Waals surface area contributed by atoms with E-state index in [9.17, 15) is 4.79 Å². The molecule has 2 heterocycles. The Bertz CT molecular complexity index is 1020. The number of ether oxygens (including phenoxy) is 4. The van der Waals surface area contributed by atoms with Crippen molar-refractivity contribution in [2.75, 3.05) is 25.6 Å². The minimum atomic E-state index is -0.142. The van der Waals surface area contributed by atoms with Gasteiger partial charge >= 0.3 is 0 Å². The third kappa shape index (κ3) is 4.81. The number of rotatable bonds is 7. The Morgan fingerprint density at radius 1 is 0.967 bits per heavy atom. The zero-order valence-electron chi connectivity index (χ0n) is 16.6. The first-order chi connectivity index (χ1) is 14.7. The van der Waals surface area contributed by atoms with Crippen LogP contribution >= 0.6 is 0 Å². The van der Waals surface area contributed by atoms with Gasteiger partial charge in [0, 0.05) is 24.1 Å². The van der Waals surface area contributed by atoms with Crippen LogP contribution in [0.2, 0.25) is 0 Å². The number of benzene rings is 2. The van der Waals surface area contributed by atoms with Gasteiger partial charge in [0.2, 0.25) is 5.91 Å². The van der Waals surface area contributed by atoms with Crippen molar-refractivity contribution in [1.82, 2.24) is 4.98 Å². The van der Waals surface area contributed by atoms with Gasteiger partial charge in [-0.05, 0) is 47.5 Å². The van der Waals surface area contributed by atoms with Crippen molar-refractivity contribution in [3.8, 4) is 23.0 Å². The van der Waals surface area contributed by atoms with Crippen LogP contribution in [0.1, 0.15) is 11.1 Å². The molecule has 154 valence electrons. The maximum Gasteiger partial charge on any atom is 0.228 e. The van der Waals surface area contributed by atoms with Gasteiger partial charge < -0.3 is 24.3 Å². The molecule has 0 saturated heterocycles. The Labute approximate surface area is 174 Å². The Morgan fingerprint density at radius 2 is 1.77 bits per heavy atom. The predicted octanol–water partition coefficient (Wildman–Crippen LogP) is 3.62. The smallest absolute Gasteiger partial charge is 0.228 e. The van der Waals surface area contributed by atoms with E-state index in [0.29, 0.717) is 48.5 Å². The number of carbonyl (C=O) groups excluding carboxylic acids is 1. The summed E-state index contributed by atoms with van der Waals surface area (Å²) in [6.45, 7) is 1.42. The summed E-state index contributed by atoms with van der Waals surface area (Å²) >= 11 is 0. The number of aromatic nitrogens is 1. The van der Waals surface area contributed by atoms with Gasteiger partial charge in [0.25, 0.3) is 0 Å². The largest absolute Gasteiger partial charge is 0.493 e. The fraction of sp³-hybridized carbons (Fsp3) is 0.217. The molecule has 1 aliphatic heterocycles. The van der Waals surface area contributed by atoms with E-state index in [1.165, 1.54) is 0 Å². The Balaban J connectivity index is 1.41. The SMILES string of the molecule is COc1ccc(NC(=O)Cc2ccc3c(c2)OCCO3)cc1OCc1ccncc1. The van der Waals surface area contributed by atoms with Gasteiger partial charge in [-0.2, -0.15) is 0 Å². The van der Waals surface area contributed by atoms with E-state index in [-0.39, 0.29) is 12.3 Å². The molecule has 7 heteroatoms. The van der Waals surface area contributed by atoms with E-state index >= 15 is 0 Å². The van der Waals surface area contributed by atoms with E-state index in [2.05, 4.69) is 10.3 Å². The van der Waals surface area contributed by atoms with Gasteiger partial charge in [-0.15, -0.1) is 0 Å². The Hall–Kier alpha value is -3.74. The fourth-order valence-corrected chi connectivity index (χ4v) is 3.10. The minimum absolute atomic E-state index is 0.142. The average molecular weight is 406 g/mol. The Morgan fingerprint density at radius 3 is 2.57 bits per heavy atom. The zero-order valence-corrected chi connectivity index (χ0v) is 16.6. The summed E-state index contributed by atoms with van der Waals surface area (Å²) in [5, 5.41) is 2.90. The van der Waals surface area contributed by atoms with Crippen LogP contribution in [-0.4, -0.2) is 31.2 Å². The van der Waals surface area contributed by atoms with Crippen LogP contribution in [0.3, 0.4) is 0 Å². The molecule has 3 aromatic rings. The number of fused-ring (bicyclic) bond motifs is 1. The average Bonchev–Trinajstić information content (AvgIpc) is 2.78. The predicted molar refractivity (Wildman–Crippen MR) is 111 cm³/mol. The molecule has 7 nitrogen and oxygen atoms in total. The molecular weight excluding hydrogens is 384 g/mol. The van der Waals surface area contributed by atoms with E-state index in [1.54, 1.807) is 37.7 Å². The minimum Gasteiger partial charge on any atom is -0.493 e. The van der Waals surface area contributed by atoms with Crippen molar-refractivity contribution < 1.29 is 23.7 Å². The molecule has 0 unspecified atom stereocenters. The molecule has 4 rings (SSSR count). The summed E-state index contributed by atoms with van der Waals surface area (Å²) in [7, 11) is 1.58. The first-order valence-corrected chi connectivity index (χ1v) is 9.59. The van der Waals surface area contributed by atoms with Gasteiger partial charge in [0.05, 0.1) is 13.5 Å². The van der Waals surface area contributed by atoms with E-state index in [0.717, 1.165) is 11.1 Å². The second-order valence-electron chi connectivity index (χ2n) is 6.71. The maximum absolute atomic E-state index is 12.5. The van der Waals surface area contributed by atoms with Crippen LogP contribution in [0.5, 0.6) is 23.0 Å². The van der Waals surface area contributed by atoms with E-state index in [1.807, 2.05) is 30.3 Å². The topological polar surface area (TPSA) is 78.9 Å². The number of anilines is 1. The third-order valence-corrected chi connectivity index (χ3v) is 4.56. The highest BCUT2D eigenvalue weighted by Gasteiger charge is 2.14. The van der Waals surface area contributed by atoms with Crippen LogP contribution in [0.25, 0.3) is 0 Å². The van der Waals surface area contributed by atoms with Crippen molar-refractivity contribution in [2.24, 2.45) is 0 Å². The highest BCUT2D eigenvalue weighted by Crippen LogP contribution is 2.32. The number of pyridine rings is 1. The number of hydrogen-bond donors (Lipinski definition) is 1. The zero-order chi connectivity index (χ0) is 20.8. The van der Waals surface area contributed by atoms with Gasteiger partial charge in [-0.25, -0.2) is 0 Å². The number of methoxy groups -OCH3 is 1. The summed E-state index contributed by atoms with van der Waals surface area (Å²) in [6.07, 6.45) is 3.64. The van der Waals surface area contributed by atoms with Crippen LogP contribution in [-0.2, 0) is 17.8 Å². The number of nitrogens with one attached hydrogen (secondary N) is 1. The molecule has 0 saturated carbocycles. The molecule has 1 aromatic heterocycles. The molecular formula is C23H22N2O5. The van der Waals surface area contributed by atoms with E-state index in [4.69, 9.17) is 18.9 Å². The second-order valence-corrected chi connectivity index (χ2v) is 6.71. The summed E-state index contributed by atoms with van der Waals surface area (Å²) in [5.74, 6) is 2.37. The monoisotopic (exact) mass is 406 g/mol. The molecule has 1 aliphatic rings. The maximum atomic E-state index is 12.5. The molecule has 2 aromatic carbocycles. The highest BCUT2D eigenvalue weighted by atomic mass is 16.6. The molecule has 0 radical (unpaired) electrons. The fourth-order valence-electron chi connectivity index (χ4n) is 3.10. The first kappa shape index (κ1) is 19.6. The van der Waals surface area contributed by atoms with Crippen molar-refractivity contribution >= 4 is 11.6 Å². The van der Waals surface area contributed by atoms with Crippen LogP contribution in [0, 0.1) is 0 Å².